The van der Waals surface area contributed by atoms with Crippen LogP contribution in [-0.2, 0) is 6.42 Å². The summed E-state index contributed by atoms with van der Waals surface area (Å²) in [5.74, 6) is 0.588. The highest BCUT2D eigenvalue weighted by atomic mass is 14.9. The molecule has 2 heteroatoms. The van der Waals surface area contributed by atoms with Crippen LogP contribution in [0.25, 0.3) is 28.0 Å². The highest BCUT2D eigenvalue weighted by Gasteiger charge is 2.20. The Bertz CT molecular complexity index is 1360. The lowest BCUT2D eigenvalue weighted by Crippen LogP contribution is -1.98. The first-order valence-electron chi connectivity index (χ1n) is 10.8. The first kappa shape index (κ1) is 19.9. The van der Waals surface area contributed by atoms with Crippen molar-refractivity contribution in [2.45, 2.75) is 13.3 Å². The largest absolute Gasteiger partial charge is 0.245 e. The number of hydrogen-bond acceptors (Lipinski definition) is 1. The quantitative estimate of drug-likeness (QED) is 0.218. The first-order chi connectivity index (χ1) is 15.6. The molecule has 0 aromatic heterocycles. The van der Waals surface area contributed by atoms with Crippen molar-refractivity contribution >= 4 is 18.3 Å². The van der Waals surface area contributed by atoms with E-state index in [1.54, 1.807) is 0 Å². The average molecular weight is 413 g/mol. The summed E-state index contributed by atoms with van der Waals surface area (Å²) in [4.78, 5) is 8.90. The molecule has 4 aromatic rings. The van der Waals surface area contributed by atoms with Gasteiger partial charge in [0.15, 0.2) is 5.84 Å². The van der Waals surface area contributed by atoms with Crippen molar-refractivity contribution in [2.24, 2.45) is 9.98 Å². The van der Waals surface area contributed by atoms with Gasteiger partial charge in [-0.2, -0.15) is 0 Å². The standard InChI is InChI=1S/C30H24N2/c1-20-9-11-23(12-10-20)24-13-14-25-17-26-15-16-27(19-29(26)28(25)18-24)30(31-3)32-21(2)22-7-5-4-6-8-22/h4-16,18-19H,2-3,17H2,1H3. The second kappa shape index (κ2) is 8.24. The summed E-state index contributed by atoms with van der Waals surface area (Å²) in [5.41, 5.74) is 11.5. The summed E-state index contributed by atoms with van der Waals surface area (Å²) in [6.07, 6.45) is 0.948. The molecule has 0 aliphatic heterocycles. The molecule has 0 saturated carbocycles. The first-order valence-corrected chi connectivity index (χ1v) is 10.8. The molecule has 1 aliphatic rings. The molecule has 0 atom stereocenters. The van der Waals surface area contributed by atoms with Gasteiger partial charge in [0.05, 0.1) is 5.70 Å². The number of nitrogens with zero attached hydrogens (tertiary/aromatic N) is 2. The molecule has 2 nitrogen and oxygen atoms in total. The minimum atomic E-state index is 0.588. The van der Waals surface area contributed by atoms with Crippen molar-refractivity contribution in [2.75, 3.05) is 0 Å². The molecule has 0 fully saturated rings. The third-order valence-electron chi connectivity index (χ3n) is 6.03. The fourth-order valence-corrected chi connectivity index (χ4v) is 4.25. The molecule has 4 aromatic carbocycles. The Morgan fingerprint density at radius 3 is 2.09 bits per heavy atom. The van der Waals surface area contributed by atoms with Gasteiger partial charge >= 0.3 is 0 Å². The van der Waals surface area contributed by atoms with E-state index in [9.17, 15) is 0 Å². The van der Waals surface area contributed by atoms with Crippen LogP contribution in [0.5, 0.6) is 0 Å². The molecular formula is C30H24N2. The summed E-state index contributed by atoms with van der Waals surface area (Å²) in [6.45, 7) is 10.00. The Balaban J connectivity index is 1.53. The summed E-state index contributed by atoms with van der Waals surface area (Å²) in [5, 5.41) is 0. The molecule has 0 saturated heterocycles. The van der Waals surface area contributed by atoms with Crippen LogP contribution in [-0.4, -0.2) is 12.6 Å². The topological polar surface area (TPSA) is 24.7 Å². The monoisotopic (exact) mass is 412 g/mol. The highest BCUT2D eigenvalue weighted by Crippen LogP contribution is 2.39. The van der Waals surface area contributed by atoms with Crippen molar-refractivity contribution in [3.63, 3.8) is 0 Å². The molecule has 0 amide bonds. The lowest BCUT2D eigenvalue weighted by atomic mass is 9.97. The molecule has 0 N–H and O–H groups in total. The van der Waals surface area contributed by atoms with E-state index in [1.165, 1.54) is 38.9 Å². The van der Waals surface area contributed by atoms with E-state index in [-0.39, 0.29) is 0 Å². The summed E-state index contributed by atoms with van der Waals surface area (Å²) in [7, 11) is 0. The zero-order valence-corrected chi connectivity index (χ0v) is 18.2. The van der Waals surface area contributed by atoms with Gasteiger partial charge in [-0.3, -0.25) is 0 Å². The van der Waals surface area contributed by atoms with Crippen LogP contribution >= 0.6 is 0 Å². The van der Waals surface area contributed by atoms with Crippen molar-refractivity contribution in [3.05, 3.63) is 125 Å². The Morgan fingerprint density at radius 1 is 0.719 bits per heavy atom. The summed E-state index contributed by atoms with van der Waals surface area (Å²) >= 11 is 0. The fourth-order valence-electron chi connectivity index (χ4n) is 4.25. The van der Waals surface area contributed by atoms with Gasteiger partial charge in [0.2, 0.25) is 0 Å². The van der Waals surface area contributed by atoms with Gasteiger partial charge in [0.25, 0.3) is 0 Å². The maximum atomic E-state index is 4.68. The van der Waals surface area contributed by atoms with Crippen LogP contribution < -0.4 is 0 Å². The molecule has 0 unspecified atom stereocenters. The molecule has 0 radical (unpaired) electrons. The smallest absolute Gasteiger partial charge is 0.159 e. The van der Waals surface area contributed by atoms with Crippen molar-refractivity contribution in [1.29, 1.82) is 0 Å². The van der Waals surface area contributed by atoms with Gasteiger partial charge in [-0.1, -0.05) is 91.0 Å². The zero-order valence-electron chi connectivity index (χ0n) is 18.2. The third-order valence-corrected chi connectivity index (χ3v) is 6.03. The Hall–Kier alpha value is -4.04. The number of rotatable bonds is 4. The van der Waals surface area contributed by atoms with E-state index in [1.807, 2.05) is 30.3 Å². The summed E-state index contributed by atoms with van der Waals surface area (Å²) in [6, 6.07) is 31.9. The van der Waals surface area contributed by atoms with Gasteiger partial charge < -0.3 is 0 Å². The Kier molecular flexibility index (Phi) is 5.12. The van der Waals surface area contributed by atoms with Crippen LogP contribution in [0.15, 0.2) is 108 Å². The highest BCUT2D eigenvalue weighted by molar-refractivity contribution is 6.05. The minimum Gasteiger partial charge on any atom is -0.245 e. The van der Waals surface area contributed by atoms with Gasteiger partial charge in [-0.25, -0.2) is 9.98 Å². The molecule has 0 heterocycles. The van der Waals surface area contributed by atoms with E-state index in [2.05, 4.69) is 90.9 Å². The van der Waals surface area contributed by atoms with Crippen LogP contribution in [0.2, 0.25) is 0 Å². The van der Waals surface area contributed by atoms with Crippen LogP contribution in [0.1, 0.15) is 27.8 Å². The molecule has 5 rings (SSSR count). The number of benzene rings is 4. The maximum Gasteiger partial charge on any atom is 0.159 e. The molecule has 154 valence electrons. The normalized spacial score (nSPS) is 12.2. The third kappa shape index (κ3) is 3.72. The predicted molar refractivity (Wildman–Crippen MR) is 136 cm³/mol. The number of fused-ring (bicyclic) bond motifs is 3. The van der Waals surface area contributed by atoms with E-state index in [4.69, 9.17) is 0 Å². The van der Waals surface area contributed by atoms with E-state index in [0.29, 0.717) is 11.5 Å². The molecule has 32 heavy (non-hydrogen) atoms. The molecule has 0 bridgehead atoms. The number of aryl methyl sites for hydroxylation is 1. The average Bonchev–Trinajstić information content (AvgIpc) is 3.20. The van der Waals surface area contributed by atoms with Crippen molar-refractivity contribution < 1.29 is 0 Å². The fraction of sp³-hybridized carbons (Fsp3) is 0.0667. The lowest BCUT2D eigenvalue weighted by molar-refractivity contribution is 1.26. The van der Waals surface area contributed by atoms with Crippen molar-refractivity contribution in [3.8, 4) is 22.3 Å². The van der Waals surface area contributed by atoms with Crippen LogP contribution in [0.4, 0.5) is 0 Å². The van der Waals surface area contributed by atoms with Gasteiger partial charge in [-0.05, 0) is 71.1 Å². The van der Waals surface area contributed by atoms with E-state index >= 15 is 0 Å². The van der Waals surface area contributed by atoms with E-state index in [0.717, 1.165) is 17.5 Å². The second-order valence-electron chi connectivity index (χ2n) is 8.19. The SMILES string of the molecule is C=NC(=NC(=C)c1ccccc1)c1ccc2c(c1)-c1cc(-c3ccc(C)cc3)ccc1C2. The van der Waals surface area contributed by atoms with Crippen LogP contribution in [0.3, 0.4) is 0 Å². The Labute approximate surface area is 189 Å². The predicted octanol–water partition coefficient (Wildman–Crippen LogP) is 7.35. The summed E-state index contributed by atoms with van der Waals surface area (Å²) < 4.78 is 0. The van der Waals surface area contributed by atoms with Crippen molar-refractivity contribution in [1.82, 2.24) is 0 Å². The maximum absolute atomic E-state index is 4.68. The second-order valence-corrected chi connectivity index (χ2v) is 8.19. The number of aliphatic imine (C=N–C) groups is 2. The minimum absolute atomic E-state index is 0.588. The molecule has 1 aliphatic carbocycles. The molecule has 0 spiro atoms. The number of amidine groups is 1. The zero-order chi connectivity index (χ0) is 22.1. The van der Waals surface area contributed by atoms with Gasteiger partial charge in [-0.15, -0.1) is 0 Å². The Morgan fingerprint density at radius 2 is 1.38 bits per heavy atom. The van der Waals surface area contributed by atoms with E-state index < -0.39 is 0 Å². The van der Waals surface area contributed by atoms with Gasteiger partial charge in [0, 0.05) is 5.56 Å². The van der Waals surface area contributed by atoms with Crippen LogP contribution in [0, 0.1) is 6.92 Å². The number of hydrogen-bond donors (Lipinski definition) is 0. The van der Waals surface area contributed by atoms with Gasteiger partial charge in [0.1, 0.15) is 0 Å². The molecular weight excluding hydrogens is 388 g/mol. The lowest BCUT2D eigenvalue weighted by Gasteiger charge is -2.09.